The standard InChI is InChI=1S/C24H31F2N3O3/c1-3-16-5-4-6-17(9-16)14-28-15-22(30)21(29-24(32)8-7-23(31)27-2)12-18-10-19(25)13-20(26)11-18/h4-6,9-11,13,21-22,28,30H,3,7-8,12,14-15H2,1-2H3,(H,27,31)(H,29,32)/t21-,22+/m0/s1. The van der Waals surface area contributed by atoms with Gasteiger partial charge < -0.3 is 21.1 Å². The van der Waals surface area contributed by atoms with E-state index in [-0.39, 0.29) is 31.7 Å². The molecule has 2 amide bonds. The molecule has 0 bridgehead atoms. The second-order valence-electron chi connectivity index (χ2n) is 7.70. The highest BCUT2D eigenvalue weighted by Crippen LogP contribution is 2.12. The molecule has 4 N–H and O–H groups in total. The van der Waals surface area contributed by atoms with Crippen molar-refractivity contribution < 1.29 is 23.5 Å². The van der Waals surface area contributed by atoms with Crippen LogP contribution < -0.4 is 16.0 Å². The SMILES string of the molecule is CCc1cccc(CNC[C@@H](O)[C@H](Cc2cc(F)cc(F)c2)NC(=O)CCC(=O)NC)c1. The van der Waals surface area contributed by atoms with Crippen LogP contribution in [0.2, 0.25) is 0 Å². The van der Waals surface area contributed by atoms with Crippen LogP contribution in [0.25, 0.3) is 0 Å². The lowest BCUT2D eigenvalue weighted by Gasteiger charge is -2.25. The molecular weight excluding hydrogens is 416 g/mol. The van der Waals surface area contributed by atoms with Gasteiger partial charge in [-0.2, -0.15) is 0 Å². The van der Waals surface area contributed by atoms with Gasteiger partial charge in [-0.1, -0.05) is 31.2 Å². The summed E-state index contributed by atoms with van der Waals surface area (Å²) < 4.78 is 27.2. The van der Waals surface area contributed by atoms with Crippen molar-refractivity contribution in [2.45, 2.75) is 51.3 Å². The lowest BCUT2D eigenvalue weighted by molar-refractivity contribution is -0.127. The van der Waals surface area contributed by atoms with Gasteiger partial charge in [0.15, 0.2) is 0 Å². The average Bonchev–Trinajstić information content (AvgIpc) is 2.76. The Labute approximate surface area is 187 Å². The number of hydrogen-bond donors (Lipinski definition) is 4. The van der Waals surface area contributed by atoms with Gasteiger partial charge in [0.2, 0.25) is 11.8 Å². The van der Waals surface area contributed by atoms with Gasteiger partial charge in [-0.25, -0.2) is 8.78 Å². The summed E-state index contributed by atoms with van der Waals surface area (Å²) in [6, 6.07) is 10.4. The van der Waals surface area contributed by atoms with Gasteiger partial charge in [-0.05, 0) is 41.7 Å². The van der Waals surface area contributed by atoms with Crippen molar-refractivity contribution in [1.29, 1.82) is 0 Å². The van der Waals surface area contributed by atoms with Gasteiger partial charge in [0.25, 0.3) is 0 Å². The fourth-order valence-corrected chi connectivity index (χ4v) is 3.36. The number of aliphatic hydroxyl groups excluding tert-OH is 1. The predicted octanol–water partition coefficient (Wildman–Crippen LogP) is 2.23. The van der Waals surface area contributed by atoms with Crippen molar-refractivity contribution in [3.63, 3.8) is 0 Å². The molecule has 174 valence electrons. The molecule has 2 aromatic carbocycles. The summed E-state index contributed by atoms with van der Waals surface area (Å²) in [5, 5.41) is 19.0. The fourth-order valence-electron chi connectivity index (χ4n) is 3.36. The van der Waals surface area contributed by atoms with E-state index in [0.717, 1.165) is 18.1 Å². The average molecular weight is 448 g/mol. The molecule has 2 rings (SSSR count). The Hall–Kier alpha value is -2.84. The number of carbonyl (C=O) groups is 2. The molecule has 32 heavy (non-hydrogen) atoms. The normalized spacial score (nSPS) is 12.8. The lowest BCUT2D eigenvalue weighted by atomic mass is 10.00. The largest absolute Gasteiger partial charge is 0.390 e. The van der Waals surface area contributed by atoms with E-state index in [4.69, 9.17) is 0 Å². The molecule has 0 aliphatic rings. The number of nitrogens with one attached hydrogen (secondary N) is 3. The van der Waals surface area contributed by atoms with Crippen molar-refractivity contribution in [3.8, 4) is 0 Å². The van der Waals surface area contributed by atoms with Crippen molar-refractivity contribution in [3.05, 3.63) is 70.8 Å². The van der Waals surface area contributed by atoms with Crippen LogP contribution in [0.3, 0.4) is 0 Å². The number of aryl methyl sites for hydroxylation is 1. The topological polar surface area (TPSA) is 90.5 Å². The summed E-state index contributed by atoms with van der Waals surface area (Å²) in [6.45, 7) is 2.76. The highest BCUT2D eigenvalue weighted by Gasteiger charge is 2.22. The summed E-state index contributed by atoms with van der Waals surface area (Å²) in [7, 11) is 1.48. The first kappa shape index (κ1) is 25.4. The number of amides is 2. The van der Waals surface area contributed by atoms with Gasteiger partial charge >= 0.3 is 0 Å². The number of aliphatic hydroxyl groups is 1. The molecule has 0 fully saturated rings. The van der Waals surface area contributed by atoms with Crippen LogP contribution >= 0.6 is 0 Å². The number of carbonyl (C=O) groups excluding carboxylic acids is 2. The first-order valence-corrected chi connectivity index (χ1v) is 10.7. The van der Waals surface area contributed by atoms with Crippen molar-refractivity contribution >= 4 is 11.8 Å². The molecule has 8 heteroatoms. The van der Waals surface area contributed by atoms with Crippen LogP contribution in [-0.4, -0.2) is 42.7 Å². The molecule has 0 aliphatic carbocycles. The van der Waals surface area contributed by atoms with Gasteiger partial charge in [-0.15, -0.1) is 0 Å². The monoisotopic (exact) mass is 447 g/mol. The van der Waals surface area contributed by atoms with Crippen LogP contribution in [0, 0.1) is 11.6 Å². The molecule has 0 unspecified atom stereocenters. The lowest BCUT2D eigenvalue weighted by Crippen LogP contribution is -2.48. The van der Waals surface area contributed by atoms with Crippen LogP contribution in [0.1, 0.15) is 36.5 Å². The third kappa shape index (κ3) is 8.72. The van der Waals surface area contributed by atoms with Crippen LogP contribution in [0.4, 0.5) is 8.78 Å². The van der Waals surface area contributed by atoms with E-state index in [1.54, 1.807) is 0 Å². The molecule has 0 saturated heterocycles. The highest BCUT2D eigenvalue weighted by atomic mass is 19.1. The molecule has 6 nitrogen and oxygen atoms in total. The quantitative estimate of drug-likeness (QED) is 0.402. The van der Waals surface area contributed by atoms with Gasteiger partial charge in [0, 0.05) is 39.0 Å². The number of halogens is 2. The summed E-state index contributed by atoms with van der Waals surface area (Å²) in [5.74, 6) is -2.16. The van der Waals surface area contributed by atoms with Crippen LogP contribution in [0.5, 0.6) is 0 Å². The number of rotatable bonds is 12. The minimum Gasteiger partial charge on any atom is -0.390 e. The Balaban J connectivity index is 2.02. The maximum Gasteiger partial charge on any atom is 0.220 e. The van der Waals surface area contributed by atoms with Gasteiger partial charge in [0.1, 0.15) is 11.6 Å². The van der Waals surface area contributed by atoms with E-state index in [0.29, 0.717) is 12.1 Å². The Morgan fingerprint density at radius 3 is 2.28 bits per heavy atom. The minimum absolute atomic E-state index is 0.00572. The summed E-state index contributed by atoms with van der Waals surface area (Å²) in [5.41, 5.74) is 2.59. The predicted molar refractivity (Wildman–Crippen MR) is 119 cm³/mol. The highest BCUT2D eigenvalue weighted by molar-refractivity contribution is 5.83. The number of benzene rings is 2. The van der Waals surface area contributed by atoms with Crippen molar-refractivity contribution in [1.82, 2.24) is 16.0 Å². The Kier molecular flexibility index (Phi) is 10.2. The molecule has 2 atom stereocenters. The van der Waals surface area contributed by atoms with E-state index >= 15 is 0 Å². The van der Waals surface area contributed by atoms with Crippen LogP contribution in [0.15, 0.2) is 42.5 Å². The molecule has 0 heterocycles. The molecule has 0 spiro atoms. The van der Waals surface area contributed by atoms with E-state index in [1.807, 2.05) is 18.2 Å². The fraction of sp³-hybridized carbons (Fsp3) is 0.417. The Morgan fingerprint density at radius 2 is 1.62 bits per heavy atom. The first-order chi connectivity index (χ1) is 15.3. The molecule has 0 aromatic heterocycles. The maximum absolute atomic E-state index is 13.6. The third-order valence-corrected chi connectivity index (χ3v) is 5.13. The third-order valence-electron chi connectivity index (χ3n) is 5.13. The van der Waals surface area contributed by atoms with Gasteiger partial charge in [-0.3, -0.25) is 9.59 Å². The van der Waals surface area contributed by atoms with E-state index < -0.39 is 29.7 Å². The molecule has 0 radical (unpaired) electrons. The zero-order valence-corrected chi connectivity index (χ0v) is 18.5. The van der Waals surface area contributed by atoms with E-state index in [9.17, 15) is 23.5 Å². The summed E-state index contributed by atoms with van der Waals surface area (Å²) >= 11 is 0. The molecule has 0 saturated carbocycles. The zero-order chi connectivity index (χ0) is 23.5. The van der Waals surface area contributed by atoms with E-state index in [1.165, 1.54) is 24.7 Å². The smallest absolute Gasteiger partial charge is 0.220 e. The maximum atomic E-state index is 13.6. The zero-order valence-electron chi connectivity index (χ0n) is 18.5. The van der Waals surface area contributed by atoms with Crippen LogP contribution in [-0.2, 0) is 29.0 Å². The summed E-state index contributed by atoms with van der Waals surface area (Å²) in [4.78, 5) is 23.7. The molecule has 2 aromatic rings. The molecule has 0 aliphatic heterocycles. The number of hydrogen-bond acceptors (Lipinski definition) is 4. The second kappa shape index (κ2) is 12.9. The van der Waals surface area contributed by atoms with Crippen molar-refractivity contribution in [2.75, 3.05) is 13.6 Å². The minimum atomic E-state index is -1.01. The first-order valence-electron chi connectivity index (χ1n) is 10.7. The Morgan fingerprint density at radius 1 is 0.969 bits per heavy atom. The Bertz CT molecular complexity index is 888. The van der Waals surface area contributed by atoms with E-state index in [2.05, 4.69) is 28.9 Å². The second-order valence-corrected chi connectivity index (χ2v) is 7.70. The van der Waals surface area contributed by atoms with Gasteiger partial charge in [0.05, 0.1) is 12.1 Å². The molecular formula is C24H31F2N3O3. The summed E-state index contributed by atoms with van der Waals surface area (Å²) in [6.07, 6.45) is -0.109. The van der Waals surface area contributed by atoms with Crippen molar-refractivity contribution in [2.24, 2.45) is 0 Å².